The van der Waals surface area contributed by atoms with Gasteiger partial charge in [-0.15, -0.1) is 0 Å². The Morgan fingerprint density at radius 1 is 1.23 bits per heavy atom. The second-order valence-electron chi connectivity index (χ2n) is 5.39. The van der Waals surface area contributed by atoms with Crippen molar-refractivity contribution in [3.8, 4) is 11.5 Å². The highest BCUT2D eigenvalue weighted by Crippen LogP contribution is 2.28. The monoisotopic (exact) mass is 294 g/mol. The molecule has 3 rings (SSSR count). The minimum absolute atomic E-state index is 0.0922. The average molecular weight is 294 g/mol. The number of amides is 1. The molecule has 0 atom stereocenters. The van der Waals surface area contributed by atoms with Crippen LogP contribution in [0.5, 0.6) is 0 Å². The molecule has 2 aromatic carbocycles. The number of hydrogen-bond donors (Lipinski definition) is 1. The molecule has 0 aliphatic carbocycles. The number of carbonyl (C=O) groups excluding carboxylic acids is 1. The standard InChI is InChI=1S/C18H18N2O2/c1-4-13-6-8-17-16(9-13)20-18(22-17)14-7-5-11(2)15(10-14)19-12(3)21/h5-10H,4H2,1-3H3,(H,19,21). The Kier molecular flexibility index (Phi) is 3.67. The van der Waals surface area contributed by atoms with Crippen molar-refractivity contribution in [3.63, 3.8) is 0 Å². The SMILES string of the molecule is CCc1ccc2oc(-c3ccc(C)c(NC(C)=O)c3)nc2c1. The van der Waals surface area contributed by atoms with Crippen molar-refractivity contribution in [2.75, 3.05) is 5.32 Å². The maximum absolute atomic E-state index is 11.3. The van der Waals surface area contributed by atoms with Gasteiger partial charge in [-0.05, 0) is 48.7 Å². The number of aryl methyl sites for hydroxylation is 2. The van der Waals surface area contributed by atoms with Crippen molar-refractivity contribution in [1.29, 1.82) is 0 Å². The van der Waals surface area contributed by atoms with Crippen LogP contribution in [0.4, 0.5) is 5.69 Å². The van der Waals surface area contributed by atoms with Gasteiger partial charge in [0.2, 0.25) is 11.8 Å². The van der Waals surface area contributed by atoms with Gasteiger partial charge in [-0.3, -0.25) is 4.79 Å². The maximum atomic E-state index is 11.3. The number of rotatable bonds is 3. The summed E-state index contributed by atoms with van der Waals surface area (Å²) in [6.07, 6.45) is 0.968. The van der Waals surface area contributed by atoms with Crippen molar-refractivity contribution in [1.82, 2.24) is 4.98 Å². The molecule has 0 bridgehead atoms. The van der Waals surface area contributed by atoms with Gasteiger partial charge >= 0.3 is 0 Å². The fourth-order valence-corrected chi connectivity index (χ4v) is 2.40. The second-order valence-corrected chi connectivity index (χ2v) is 5.39. The third-order valence-corrected chi connectivity index (χ3v) is 3.66. The Balaban J connectivity index is 2.05. The number of nitrogens with zero attached hydrogens (tertiary/aromatic N) is 1. The van der Waals surface area contributed by atoms with E-state index in [4.69, 9.17) is 4.42 Å². The largest absolute Gasteiger partial charge is 0.436 e. The van der Waals surface area contributed by atoms with Crippen LogP contribution in [0.2, 0.25) is 0 Å². The molecule has 0 saturated carbocycles. The van der Waals surface area contributed by atoms with Crippen LogP contribution >= 0.6 is 0 Å². The molecule has 0 radical (unpaired) electrons. The van der Waals surface area contributed by atoms with Gasteiger partial charge in [-0.1, -0.05) is 19.1 Å². The summed E-state index contributed by atoms with van der Waals surface area (Å²) in [6.45, 7) is 5.56. The summed E-state index contributed by atoms with van der Waals surface area (Å²) < 4.78 is 5.83. The van der Waals surface area contributed by atoms with Gasteiger partial charge in [0.15, 0.2) is 5.58 Å². The van der Waals surface area contributed by atoms with Gasteiger partial charge in [0.05, 0.1) is 0 Å². The summed E-state index contributed by atoms with van der Waals surface area (Å²) in [7, 11) is 0. The molecule has 1 heterocycles. The zero-order chi connectivity index (χ0) is 15.7. The molecule has 0 saturated heterocycles. The number of aromatic nitrogens is 1. The van der Waals surface area contributed by atoms with E-state index in [-0.39, 0.29) is 5.91 Å². The van der Waals surface area contributed by atoms with Gasteiger partial charge in [0.25, 0.3) is 0 Å². The Morgan fingerprint density at radius 2 is 2.05 bits per heavy atom. The lowest BCUT2D eigenvalue weighted by Gasteiger charge is -2.07. The molecule has 4 nitrogen and oxygen atoms in total. The molecular weight excluding hydrogens is 276 g/mol. The summed E-state index contributed by atoms with van der Waals surface area (Å²) >= 11 is 0. The first-order chi connectivity index (χ1) is 10.6. The predicted octanol–water partition coefficient (Wildman–Crippen LogP) is 4.32. The van der Waals surface area contributed by atoms with Crippen LogP contribution in [0.1, 0.15) is 25.0 Å². The normalized spacial score (nSPS) is 10.9. The Labute approximate surface area is 129 Å². The van der Waals surface area contributed by atoms with E-state index in [1.54, 1.807) is 0 Å². The second kappa shape index (κ2) is 5.64. The first kappa shape index (κ1) is 14.3. The molecule has 1 amide bonds. The third kappa shape index (κ3) is 2.72. The summed E-state index contributed by atoms with van der Waals surface area (Å²) in [5.41, 5.74) is 5.49. The highest BCUT2D eigenvalue weighted by atomic mass is 16.3. The van der Waals surface area contributed by atoms with Crippen LogP contribution in [0.25, 0.3) is 22.6 Å². The van der Waals surface area contributed by atoms with Gasteiger partial charge in [0, 0.05) is 18.2 Å². The Bertz CT molecular complexity index is 849. The fraction of sp³-hybridized carbons (Fsp3) is 0.222. The summed E-state index contributed by atoms with van der Waals surface area (Å²) in [5.74, 6) is 0.472. The minimum atomic E-state index is -0.0922. The van der Waals surface area contributed by atoms with Crippen LogP contribution in [0, 0.1) is 6.92 Å². The summed E-state index contributed by atoms with van der Waals surface area (Å²) in [6, 6.07) is 11.8. The van der Waals surface area contributed by atoms with E-state index in [1.807, 2.05) is 37.3 Å². The molecule has 3 aromatic rings. The Hall–Kier alpha value is -2.62. The first-order valence-corrected chi connectivity index (χ1v) is 7.35. The third-order valence-electron chi connectivity index (χ3n) is 3.66. The molecule has 1 N–H and O–H groups in total. The van der Waals surface area contributed by atoms with Crippen LogP contribution < -0.4 is 5.32 Å². The molecule has 0 fully saturated rings. The fourth-order valence-electron chi connectivity index (χ4n) is 2.40. The lowest BCUT2D eigenvalue weighted by Crippen LogP contribution is -2.07. The van der Waals surface area contributed by atoms with Crippen molar-refractivity contribution >= 4 is 22.7 Å². The summed E-state index contributed by atoms with van der Waals surface area (Å²) in [5, 5.41) is 2.83. The van der Waals surface area contributed by atoms with E-state index in [2.05, 4.69) is 23.3 Å². The molecule has 0 unspecified atom stereocenters. The lowest BCUT2D eigenvalue weighted by molar-refractivity contribution is -0.114. The number of oxazole rings is 1. The Morgan fingerprint density at radius 3 is 2.77 bits per heavy atom. The molecule has 112 valence electrons. The van der Waals surface area contributed by atoms with Crippen molar-refractivity contribution < 1.29 is 9.21 Å². The molecule has 1 aromatic heterocycles. The van der Waals surface area contributed by atoms with Crippen LogP contribution in [0.15, 0.2) is 40.8 Å². The number of benzene rings is 2. The van der Waals surface area contributed by atoms with E-state index < -0.39 is 0 Å². The smallest absolute Gasteiger partial charge is 0.227 e. The van der Waals surface area contributed by atoms with E-state index >= 15 is 0 Å². The first-order valence-electron chi connectivity index (χ1n) is 7.35. The van der Waals surface area contributed by atoms with Gasteiger partial charge in [0.1, 0.15) is 5.52 Å². The van der Waals surface area contributed by atoms with Crippen molar-refractivity contribution in [2.24, 2.45) is 0 Å². The van der Waals surface area contributed by atoms with Gasteiger partial charge in [-0.25, -0.2) is 4.98 Å². The van der Waals surface area contributed by atoms with Crippen LogP contribution in [-0.4, -0.2) is 10.9 Å². The van der Waals surface area contributed by atoms with Crippen LogP contribution in [-0.2, 0) is 11.2 Å². The topological polar surface area (TPSA) is 55.1 Å². The molecule has 4 heteroatoms. The highest BCUT2D eigenvalue weighted by molar-refractivity contribution is 5.90. The summed E-state index contributed by atoms with van der Waals surface area (Å²) in [4.78, 5) is 15.8. The van der Waals surface area contributed by atoms with Crippen LogP contribution in [0.3, 0.4) is 0 Å². The average Bonchev–Trinajstić information content (AvgIpc) is 2.91. The zero-order valence-corrected chi connectivity index (χ0v) is 12.9. The number of anilines is 1. The highest BCUT2D eigenvalue weighted by Gasteiger charge is 2.11. The lowest BCUT2D eigenvalue weighted by atomic mass is 10.1. The maximum Gasteiger partial charge on any atom is 0.227 e. The number of nitrogens with one attached hydrogen (secondary N) is 1. The minimum Gasteiger partial charge on any atom is -0.436 e. The molecule has 0 aliphatic rings. The molecule has 0 spiro atoms. The quantitative estimate of drug-likeness (QED) is 0.782. The molecular formula is C18H18N2O2. The number of fused-ring (bicyclic) bond motifs is 1. The number of hydrogen-bond acceptors (Lipinski definition) is 3. The predicted molar refractivity (Wildman–Crippen MR) is 87.9 cm³/mol. The van der Waals surface area contributed by atoms with E-state index in [9.17, 15) is 4.79 Å². The van der Waals surface area contributed by atoms with E-state index in [1.165, 1.54) is 12.5 Å². The molecule has 22 heavy (non-hydrogen) atoms. The van der Waals surface area contributed by atoms with Gasteiger partial charge < -0.3 is 9.73 Å². The van der Waals surface area contributed by atoms with E-state index in [0.717, 1.165) is 34.3 Å². The van der Waals surface area contributed by atoms with Gasteiger partial charge in [-0.2, -0.15) is 0 Å². The van der Waals surface area contributed by atoms with Crippen molar-refractivity contribution in [3.05, 3.63) is 47.5 Å². The number of carbonyl (C=O) groups is 1. The molecule has 0 aliphatic heterocycles. The zero-order valence-electron chi connectivity index (χ0n) is 12.9. The van der Waals surface area contributed by atoms with Crippen molar-refractivity contribution in [2.45, 2.75) is 27.2 Å². The van der Waals surface area contributed by atoms with E-state index in [0.29, 0.717) is 5.89 Å².